The number of ether oxygens (including phenoxy) is 2. The number of cyclic esters (lactones) is 1. The molecule has 8 nitrogen and oxygen atoms in total. The summed E-state index contributed by atoms with van der Waals surface area (Å²) in [6.45, 7) is 4.07. The molecule has 148 valence electrons. The molecule has 3 N–H and O–H groups in total. The zero-order valence-electron chi connectivity index (χ0n) is 15.2. The minimum atomic E-state index is -1.55. The molecule has 0 aromatic heterocycles. The number of benzene rings is 1. The molecule has 0 radical (unpaired) electrons. The highest BCUT2D eigenvalue weighted by Gasteiger charge is 2.53. The number of hydrogen-bond acceptors (Lipinski definition) is 6. The molecular formula is C17H21FIN3O5. The fourth-order valence-electron chi connectivity index (χ4n) is 2.56. The summed E-state index contributed by atoms with van der Waals surface area (Å²) in [5.74, 6) is -1.10. The molecule has 1 aromatic carbocycles. The molecule has 1 aliphatic rings. The normalized spacial score (nSPS) is 19.6. The first-order valence-corrected chi connectivity index (χ1v) is 9.20. The third kappa shape index (κ3) is 4.67. The number of anilines is 1. The Morgan fingerprint density at radius 3 is 2.67 bits per heavy atom. The van der Waals surface area contributed by atoms with E-state index >= 15 is 0 Å². The molecule has 10 heteroatoms. The number of nitrogens with one attached hydrogen (secondary N) is 1. The molecule has 0 bridgehead atoms. The Morgan fingerprint density at radius 2 is 2.11 bits per heavy atom. The van der Waals surface area contributed by atoms with E-state index in [9.17, 15) is 18.8 Å². The highest BCUT2D eigenvalue weighted by atomic mass is 127. The summed E-state index contributed by atoms with van der Waals surface area (Å²) in [6, 6.07) is 4.10. The minimum absolute atomic E-state index is 0.145. The van der Waals surface area contributed by atoms with Gasteiger partial charge in [0.1, 0.15) is 18.0 Å². The monoisotopic (exact) mass is 493 g/mol. The van der Waals surface area contributed by atoms with E-state index in [1.54, 1.807) is 20.8 Å². The van der Waals surface area contributed by atoms with Crippen molar-refractivity contribution < 1.29 is 28.2 Å². The smallest absolute Gasteiger partial charge is 0.415 e. The van der Waals surface area contributed by atoms with Crippen LogP contribution in [-0.2, 0) is 14.3 Å². The topological polar surface area (TPSA) is 111 Å². The van der Waals surface area contributed by atoms with Gasteiger partial charge in [-0.3, -0.25) is 9.69 Å². The number of rotatable bonds is 5. The van der Waals surface area contributed by atoms with Gasteiger partial charge in [-0.25, -0.2) is 14.0 Å². The van der Waals surface area contributed by atoms with E-state index in [1.807, 2.05) is 22.6 Å². The van der Waals surface area contributed by atoms with Crippen LogP contribution in [0.15, 0.2) is 18.2 Å². The molecule has 27 heavy (non-hydrogen) atoms. The van der Waals surface area contributed by atoms with E-state index in [2.05, 4.69) is 5.32 Å². The van der Waals surface area contributed by atoms with Gasteiger partial charge in [-0.2, -0.15) is 0 Å². The molecule has 0 saturated carbocycles. The lowest BCUT2D eigenvalue weighted by Gasteiger charge is -2.33. The van der Waals surface area contributed by atoms with Crippen LogP contribution in [0.1, 0.15) is 20.8 Å². The van der Waals surface area contributed by atoms with Crippen molar-refractivity contribution >= 4 is 46.2 Å². The van der Waals surface area contributed by atoms with Crippen LogP contribution in [0, 0.1) is 9.39 Å². The maximum atomic E-state index is 14.0. The minimum Gasteiger partial charge on any atom is -0.446 e. The number of carbonyl (C=O) groups is 3. The second-order valence-corrected chi connectivity index (χ2v) is 8.16. The van der Waals surface area contributed by atoms with Gasteiger partial charge in [-0.05, 0) is 61.6 Å². The summed E-state index contributed by atoms with van der Waals surface area (Å²) in [6.07, 6.45) is -1.59. The molecule has 2 amide bonds. The molecule has 1 heterocycles. The number of carbonyl (C=O) groups excluding carboxylic acids is 3. The van der Waals surface area contributed by atoms with Gasteiger partial charge >= 0.3 is 12.2 Å². The van der Waals surface area contributed by atoms with E-state index in [0.29, 0.717) is 3.57 Å². The largest absolute Gasteiger partial charge is 0.446 e. The number of halogens is 2. The average molecular weight is 493 g/mol. The lowest BCUT2D eigenvalue weighted by Crippen LogP contribution is -2.61. The molecular weight excluding hydrogens is 472 g/mol. The van der Waals surface area contributed by atoms with Crippen LogP contribution in [0.5, 0.6) is 0 Å². The second-order valence-electron chi connectivity index (χ2n) is 7.00. The van der Waals surface area contributed by atoms with Gasteiger partial charge in [-0.15, -0.1) is 0 Å². The zero-order valence-corrected chi connectivity index (χ0v) is 17.3. The summed E-state index contributed by atoms with van der Waals surface area (Å²) >= 11 is 1.81. The average Bonchev–Trinajstić information content (AvgIpc) is 2.91. The van der Waals surface area contributed by atoms with Crippen LogP contribution in [0.4, 0.5) is 19.7 Å². The quantitative estimate of drug-likeness (QED) is 0.609. The Kier molecular flexibility index (Phi) is 6.30. The van der Waals surface area contributed by atoms with E-state index in [4.69, 9.17) is 15.2 Å². The first-order chi connectivity index (χ1) is 12.5. The highest BCUT2D eigenvalue weighted by Crippen LogP contribution is 2.32. The Labute approximate surface area is 169 Å². The molecule has 2 rings (SSSR count). The van der Waals surface area contributed by atoms with Crippen molar-refractivity contribution in [3.05, 3.63) is 27.6 Å². The lowest BCUT2D eigenvalue weighted by molar-refractivity contribution is -0.123. The maximum Gasteiger partial charge on any atom is 0.415 e. The third-order valence-electron chi connectivity index (χ3n) is 3.86. The molecule has 1 fully saturated rings. The van der Waals surface area contributed by atoms with Gasteiger partial charge in [0.05, 0.1) is 12.2 Å². The number of amides is 2. The number of ketones is 1. The molecule has 1 aromatic rings. The first kappa shape index (κ1) is 21.4. The predicted octanol–water partition coefficient (Wildman–Crippen LogP) is 2.18. The number of nitrogens with two attached hydrogens (primary N) is 1. The van der Waals surface area contributed by atoms with Crippen LogP contribution in [0.25, 0.3) is 0 Å². The summed E-state index contributed by atoms with van der Waals surface area (Å²) in [4.78, 5) is 37.9. The summed E-state index contributed by atoms with van der Waals surface area (Å²) in [7, 11) is 0. The molecule has 1 atom stereocenters. The van der Waals surface area contributed by atoms with Crippen LogP contribution in [0.3, 0.4) is 0 Å². The van der Waals surface area contributed by atoms with Crippen LogP contribution in [0.2, 0.25) is 0 Å². The SMILES string of the molecule is CC(C)(C)OC(=O)NCC(=O)[C@]1(CN)COC(=O)N1c1ccc(I)c(F)c1. The van der Waals surface area contributed by atoms with Crippen LogP contribution in [-0.4, -0.2) is 48.8 Å². The van der Waals surface area contributed by atoms with Gasteiger partial charge in [0.2, 0.25) is 0 Å². The van der Waals surface area contributed by atoms with Crippen molar-refractivity contribution in [3.63, 3.8) is 0 Å². The summed E-state index contributed by atoms with van der Waals surface area (Å²) in [5, 5.41) is 2.35. The Hall–Kier alpha value is -1.95. The Balaban J connectivity index is 2.24. The molecule has 0 unspecified atom stereocenters. The van der Waals surface area contributed by atoms with Crippen molar-refractivity contribution in [2.45, 2.75) is 31.9 Å². The van der Waals surface area contributed by atoms with Gasteiger partial charge in [-0.1, -0.05) is 0 Å². The van der Waals surface area contributed by atoms with E-state index in [-0.39, 0.29) is 18.8 Å². The first-order valence-electron chi connectivity index (χ1n) is 8.12. The molecule has 1 saturated heterocycles. The maximum absolute atomic E-state index is 14.0. The Morgan fingerprint density at radius 1 is 1.44 bits per heavy atom. The molecule has 0 spiro atoms. The summed E-state index contributed by atoms with van der Waals surface area (Å²) < 4.78 is 24.4. The standard InChI is InChI=1S/C17H21FIN3O5/c1-16(2,3)27-14(24)21-7-13(23)17(8-20)9-26-15(25)22(17)10-4-5-12(19)11(18)6-10/h4-6H,7-9,20H2,1-3H3,(H,21,24)/t17-/m0/s1. The van der Waals surface area contributed by atoms with Gasteiger partial charge < -0.3 is 20.5 Å². The number of nitrogens with zero attached hydrogens (tertiary/aromatic N) is 1. The second kappa shape index (κ2) is 7.97. The van der Waals surface area contributed by atoms with E-state index < -0.39 is 41.5 Å². The number of hydrogen-bond donors (Lipinski definition) is 2. The van der Waals surface area contributed by atoms with E-state index in [0.717, 1.165) is 11.0 Å². The number of Topliss-reactive ketones (excluding diaryl/α,β-unsaturated/α-hetero) is 1. The molecule has 0 aliphatic carbocycles. The summed E-state index contributed by atoms with van der Waals surface area (Å²) in [5.41, 5.74) is 3.67. The fourth-order valence-corrected chi connectivity index (χ4v) is 2.90. The third-order valence-corrected chi connectivity index (χ3v) is 4.73. The fraction of sp³-hybridized carbons (Fsp3) is 0.471. The van der Waals surface area contributed by atoms with Crippen LogP contribution >= 0.6 is 22.6 Å². The van der Waals surface area contributed by atoms with Crippen molar-refractivity contribution in [3.8, 4) is 0 Å². The van der Waals surface area contributed by atoms with Gasteiger partial charge in [0.25, 0.3) is 0 Å². The van der Waals surface area contributed by atoms with Crippen molar-refractivity contribution in [2.75, 3.05) is 24.6 Å². The zero-order chi connectivity index (χ0) is 20.4. The predicted molar refractivity (Wildman–Crippen MR) is 104 cm³/mol. The van der Waals surface area contributed by atoms with Gasteiger partial charge in [0.15, 0.2) is 11.3 Å². The number of alkyl carbamates (subject to hydrolysis) is 1. The Bertz CT molecular complexity index is 767. The van der Waals surface area contributed by atoms with Crippen molar-refractivity contribution in [1.82, 2.24) is 5.32 Å². The van der Waals surface area contributed by atoms with Crippen molar-refractivity contribution in [2.24, 2.45) is 5.73 Å². The highest BCUT2D eigenvalue weighted by molar-refractivity contribution is 14.1. The lowest BCUT2D eigenvalue weighted by atomic mass is 9.92. The van der Waals surface area contributed by atoms with E-state index in [1.165, 1.54) is 12.1 Å². The molecule has 1 aliphatic heterocycles. The van der Waals surface area contributed by atoms with Crippen molar-refractivity contribution in [1.29, 1.82) is 0 Å². The van der Waals surface area contributed by atoms with Crippen LogP contribution < -0.4 is 16.0 Å². The van der Waals surface area contributed by atoms with Gasteiger partial charge in [0, 0.05) is 10.1 Å².